The van der Waals surface area contributed by atoms with Gasteiger partial charge in [-0.2, -0.15) is 4.31 Å². The molecule has 9 heteroatoms. The zero-order valence-electron chi connectivity index (χ0n) is 16.8. The number of piperidine rings is 1. The van der Waals surface area contributed by atoms with E-state index < -0.39 is 10.0 Å². The SMILES string of the molecule is O=C(c1cccc(S(=O)(=O)N2CCCCC2)c1)N1CCN(Cc2ccc(Cl)s2)CC1. The Bertz CT molecular complexity index is 994. The number of benzene rings is 1. The molecule has 4 rings (SSSR count). The van der Waals surface area contributed by atoms with Crippen molar-refractivity contribution >= 4 is 38.9 Å². The Hall–Kier alpha value is -1.45. The fourth-order valence-corrected chi connectivity index (χ4v) is 6.69. The van der Waals surface area contributed by atoms with Crippen LogP contribution in [0.4, 0.5) is 0 Å². The van der Waals surface area contributed by atoms with Crippen LogP contribution in [0.5, 0.6) is 0 Å². The highest BCUT2D eigenvalue weighted by Gasteiger charge is 2.28. The summed E-state index contributed by atoms with van der Waals surface area (Å²) < 4.78 is 28.2. The van der Waals surface area contributed by atoms with Crippen molar-refractivity contribution < 1.29 is 13.2 Å². The van der Waals surface area contributed by atoms with Crippen LogP contribution in [0.2, 0.25) is 4.34 Å². The minimum Gasteiger partial charge on any atom is -0.336 e. The third-order valence-electron chi connectivity index (χ3n) is 5.70. The fraction of sp³-hybridized carbons (Fsp3) is 0.476. The van der Waals surface area contributed by atoms with Crippen LogP contribution in [0, 0.1) is 0 Å². The van der Waals surface area contributed by atoms with E-state index >= 15 is 0 Å². The van der Waals surface area contributed by atoms with E-state index in [1.54, 1.807) is 29.5 Å². The first-order chi connectivity index (χ1) is 14.4. The topological polar surface area (TPSA) is 60.9 Å². The number of hydrogen-bond donors (Lipinski definition) is 0. The Morgan fingerprint density at radius 1 is 0.967 bits per heavy atom. The van der Waals surface area contributed by atoms with E-state index in [-0.39, 0.29) is 10.8 Å². The molecule has 0 spiro atoms. The molecule has 0 atom stereocenters. The van der Waals surface area contributed by atoms with Gasteiger partial charge in [-0.3, -0.25) is 9.69 Å². The predicted molar refractivity (Wildman–Crippen MR) is 120 cm³/mol. The number of sulfonamides is 1. The van der Waals surface area contributed by atoms with Crippen molar-refractivity contribution in [3.05, 3.63) is 51.2 Å². The van der Waals surface area contributed by atoms with Gasteiger partial charge in [-0.25, -0.2) is 8.42 Å². The van der Waals surface area contributed by atoms with Gasteiger partial charge in [-0.15, -0.1) is 11.3 Å². The number of piperazine rings is 1. The highest BCUT2D eigenvalue weighted by Crippen LogP contribution is 2.24. The Balaban J connectivity index is 1.40. The summed E-state index contributed by atoms with van der Waals surface area (Å²) in [5.74, 6) is -0.107. The molecule has 0 radical (unpaired) electrons. The second-order valence-corrected chi connectivity index (χ2v) is 11.5. The van der Waals surface area contributed by atoms with Gasteiger partial charge in [-0.1, -0.05) is 24.1 Å². The van der Waals surface area contributed by atoms with Gasteiger partial charge in [0.15, 0.2) is 0 Å². The monoisotopic (exact) mass is 467 g/mol. The number of amides is 1. The molecule has 0 bridgehead atoms. The molecule has 1 amide bonds. The maximum atomic E-state index is 13.0. The standard InChI is InChI=1S/C21H26ClN3O3S2/c22-20-8-7-18(29-20)16-23-11-13-24(14-12-23)21(26)17-5-4-6-19(15-17)30(27,28)25-9-2-1-3-10-25/h4-8,15H,1-3,9-14,16H2. The molecule has 2 aromatic rings. The minimum absolute atomic E-state index is 0.107. The van der Waals surface area contributed by atoms with Gasteiger partial charge in [-0.05, 0) is 43.2 Å². The molecular formula is C21H26ClN3O3S2. The molecule has 0 N–H and O–H groups in total. The molecule has 2 aliphatic rings. The quantitative estimate of drug-likeness (QED) is 0.674. The third-order valence-corrected chi connectivity index (χ3v) is 8.81. The maximum Gasteiger partial charge on any atom is 0.253 e. The summed E-state index contributed by atoms with van der Waals surface area (Å²) in [6.07, 6.45) is 2.84. The summed E-state index contributed by atoms with van der Waals surface area (Å²) in [4.78, 5) is 18.6. The van der Waals surface area contributed by atoms with Crippen LogP contribution < -0.4 is 0 Å². The number of nitrogens with zero attached hydrogens (tertiary/aromatic N) is 3. The fourth-order valence-electron chi connectivity index (χ4n) is 3.99. The highest BCUT2D eigenvalue weighted by atomic mass is 35.5. The summed E-state index contributed by atoms with van der Waals surface area (Å²) in [6, 6.07) is 10.4. The zero-order chi connectivity index (χ0) is 21.1. The first-order valence-electron chi connectivity index (χ1n) is 10.3. The molecular weight excluding hydrogens is 442 g/mol. The second kappa shape index (κ2) is 9.36. The van der Waals surface area contributed by atoms with Crippen molar-refractivity contribution in [3.63, 3.8) is 0 Å². The summed E-state index contributed by atoms with van der Waals surface area (Å²) in [5, 5.41) is 0. The Morgan fingerprint density at radius 2 is 1.70 bits per heavy atom. The van der Waals surface area contributed by atoms with Crippen molar-refractivity contribution in [2.45, 2.75) is 30.7 Å². The number of carbonyl (C=O) groups excluding carboxylic acids is 1. The Morgan fingerprint density at radius 3 is 2.37 bits per heavy atom. The van der Waals surface area contributed by atoms with Gasteiger partial charge in [0, 0.05) is 56.3 Å². The molecule has 2 fully saturated rings. The van der Waals surface area contributed by atoms with Crippen LogP contribution in [0.1, 0.15) is 34.5 Å². The Kier molecular flexibility index (Phi) is 6.79. The summed E-state index contributed by atoms with van der Waals surface area (Å²) >= 11 is 7.59. The smallest absolute Gasteiger partial charge is 0.253 e. The first-order valence-corrected chi connectivity index (χ1v) is 12.9. The third kappa shape index (κ3) is 4.89. The molecule has 30 heavy (non-hydrogen) atoms. The van der Waals surface area contributed by atoms with Crippen molar-refractivity contribution in [2.24, 2.45) is 0 Å². The van der Waals surface area contributed by atoms with E-state index in [0.29, 0.717) is 31.7 Å². The average molecular weight is 468 g/mol. The molecule has 2 aliphatic heterocycles. The van der Waals surface area contributed by atoms with Gasteiger partial charge in [0.1, 0.15) is 0 Å². The molecule has 1 aromatic carbocycles. The summed E-state index contributed by atoms with van der Waals surface area (Å²) in [5.41, 5.74) is 0.437. The number of halogens is 1. The van der Waals surface area contributed by atoms with Crippen molar-refractivity contribution in [1.29, 1.82) is 0 Å². The normalized spacial score (nSPS) is 19.2. The lowest BCUT2D eigenvalue weighted by molar-refractivity contribution is 0.0629. The average Bonchev–Trinajstić information content (AvgIpc) is 3.19. The van der Waals surface area contributed by atoms with Crippen LogP contribution in [0.25, 0.3) is 0 Å². The predicted octanol–water partition coefficient (Wildman–Crippen LogP) is 3.53. The second-order valence-electron chi connectivity index (χ2n) is 7.77. The molecule has 6 nitrogen and oxygen atoms in total. The van der Waals surface area contributed by atoms with E-state index in [0.717, 1.165) is 43.2 Å². The van der Waals surface area contributed by atoms with Crippen LogP contribution in [-0.2, 0) is 16.6 Å². The summed E-state index contributed by atoms with van der Waals surface area (Å²) in [6.45, 7) is 4.76. The van der Waals surface area contributed by atoms with Crippen LogP contribution in [0.15, 0.2) is 41.3 Å². The lowest BCUT2D eigenvalue weighted by Gasteiger charge is -2.34. The lowest BCUT2D eigenvalue weighted by atomic mass is 10.2. The first kappa shape index (κ1) is 21.8. The largest absolute Gasteiger partial charge is 0.336 e. The van der Waals surface area contributed by atoms with Crippen molar-refractivity contribution in [3.8, 4) is 0 Å². The van der Waals surface area contributed by atoms with Gasteiger partial charge >= 0.3 is 0 Å². The molecule has 0 saturated carbocycles. The molecule has 2 saturated heterocycles. The van der Waals surface area contributed by atoms with Crippen LogP contribution in [0.3, 0.4) is 0 Å². The number of rotatable bonds is 5. The molecule has 0 aliphatic carbocycles. The van der Waals surface area contributed by atoms with Crippen LogP contribution >= 0.6 is 22.9 Å². The van der Waals surface area contributed by atoms with Gasteiger partial charge in [0.2, 0.25) is 10.0 Å². The van der Waals surface area contributed by atoms with E-state index in [1.165, 1.54) is 15.2 Å². The minimum atomic E-state index is -3.55. The maximum absolute atomic E-state index is 13.0. The molecule has 1 aromatic heterocycles. The van der Waals surface area contributed by atoms with Crippen molar-refractivity contribution in [2.75, 3.05) is 39.3 Å². The lowest BCUT2D eigenvalue weighted by Crippen LogP contribution is -2.48. The number of carbonyl (C=O) groups is 1. The number of thiophene rings is 1. The molecule has 162 valence electrons. The van der Waals surface area contributed by atoms with Crippen LogP contribution in [-0.4, -0.2) is 67.7 Å². The van der Waals surface area contributed by atoms with E-state index in [2.05, 4.69) is 4.90 Å². The summed E-state index contributed by atoms with van der Waals surface area (Å²) in [7, 11) is -3.55. The molecule has 0 unspecified atom stereocenters. The van der Waals surface area contributed by atoms with Gasteiger partial charge < -0.3 is 4.90 Å². The molecule has 3 heterocycles. The van der Waals surface area contributed by atoms with Gasteiger partial charge in [0.25, 0.3) is 5.91 Å². The van der Waals surface area contributed by atoms with Gasteiger partial charge in [0.05, 0.1) is 9.23 Å². The highest BCUT2D eigenvalue weighted by molar-refractivity contribution is 7.89. The van der Waals surface area contributed by atoms with E-state index in [9.17, 15) is 13.2 Å². The van der Waals surface area contributed by atoms with Crippen molar-refractivity contribution in [1.82, 2.24) is 14.1 Å². The van der Waals surface area contributed by atoms with E-state index in [4.69, 9.17) is 11.6 Å². The zero-order valence-corrected chi connectivity index (χ0v) is 19.2. The number of hydrogen-bond acceptors (Lipinski definition) is 5. The van der Waals surface area contributed by atoms with E-state index in [1.807, 2.05) is 17.0 Å². The Labute approximate surface area is 187 Å².